The molecule has 0 saturated heterocycles. The Morgan fingerprint density at radius 2 is 2.50 bits per heavy atom. The van der Waals surface area contributed by atoms with Crippen LogP contribution in [0.25, 0.3) is 0 Å². The lowest BCUT2D eigenvalue weighted by Crippen LogP contribution is -2.06. The van der Waals surface area contributed by atoms with Gasteiger partial charge in [0.25, 0.3) is 0 Å². The summed E-state index contributed by atoms with van der Waals surface area (Å²) in [6.07, 6.45) is 2.57. The monoisotopic (exact) mass is 140 g/mol. The van der Waals surface area contributed by atoms with Crippen LogP contribution in [0.4, 0.5) is 0 Å². The molecule has 10 heavy (non-hydrogen) atoms. The maximum atomic E-state index is 5.67. The lowest BCUT2D eigenvalue weighted by atomic mass is 10.2. The molecule has 0 aliphatic rings. The summed E-state index contributed by atoms with van der Waals surface area (Å²) in [6.45, 7) is 3.83. The molecule has 0 fully saturated rings. The largest absolute Gasteiger partial charge is 0.444 e. The number of aromatic nitrogens is 1. The number of hydrogen-bond donors (Lipinski definition) is 1. The number of nitrogens with zero attached hydrogens (tertiary/aromatic N) is 1. The molecular formula is C7H12N2O. The van der Waals surface area contributed by atoms with Gasteiger partial charge in [-0.3, -0.25) is 0 Å². The summed E-state index contributed by atoms with van der Waals surface area (Å²) in [5, 5.41) is 0. The van der Waals surface area contributed by atoms with Crippen LogP contribution in [0, 0.1) is 6.92 Å². The number of hydrogen-bond acceptors (Lipinski definition) is 3. The van der Waals surface area contributed by atoms with Crippen molar-refractivity contribution in [1.82, 2.24) is 4.98 Å². The Kier molecular flexibility index (Phi) is 2.06. The van der Waals surface area contributed by atoms with Crippen molar-refractivity contribution in [2.45, 2.75) is 26.3 Å². The van der Waals surface area contributed by atoms with E-state index in [1.807, 2.05) is 13.8 Å². The van der Waals surface area contributed by atoms with Gasteiger partial charge in [0.15, 0.2) is 5.89 Å². The van der Waals surface area contributed by atoms with Gasteiger partial charge in [-0.1, -0.05) is 6.92 Å². The highest BCUT2D eigenvalue weighted by Crippen LogP contribution is 2.13. The summed E-state index contributed by atoms with van der Waals surface area (Å²) in [5.74, 6) is 1.46. The number of nitrogens with two attached hydrogens (primary N) is 1. The van der Waals surface area contributed by atoms with Gasteiger partial charge >= 0.3 is 0 Å². The number of oxazole rings is 1. The maximum absolute atomic E-state index is 5.67. The van der Waals surface area contributed by atoms with Gasteiger partial charge in [-0.15, -0.1) is 0 Å². The van der Waals surface area contributed by atoms with Crippen LogP contribution in [0.1, 0.15) is 31.0 Å². The summed E-state index contributed by atoms with van der Waals surface area (Å²) in [5.41, 5.74) is 5.67. The highest BCUT2D eigenvalue weighted by molar-refractivity contribution is 4.98. The van der Waals surface area contributed by atoms with Crippen LogP contribution in [0.3, 0.4) is 0 Å². The zero-order chi connectivity index (χ0) is 7.56. The topological polar surface area (TPSA) is 52.0 Å². The second-order valence-electron chi connectivity index (χ2n) is 2.30. The maximum Gasteiger partial charge on any atom is 0.191 e. The Balaban J connectivity index is 2.74. The highest BCUT2D eigenvalue weighted by Gasteiger charge is 2.06. The SMILES string of the molecule is CCC(N)c1cnc(C)o1. The minimum atomic E-state index is 0.00111. The summed E-state index contributed by atoms with van der Waals surface area (Å²) in [7, 11) is 0. The first-order valence-electron chi connectivity index (χ1n) is 3.42. The van der Waals surface area contributed by atoms with Crippen molar-refractivity contribution in [1.29, 1.82) is 0 Å². The minimum Gasteiger partial charge on any atom is -0.444 e. The molecular weight excluding hydrogens is 128 g/mol. The third kappa shape index (κ3) is 1.36. The Morgan fingerprint density at radius 1 is 1.80 bits per heavy atom. The van der Waals surface area contributed by atoms with Gasteiger partial charge in [-0.2, -0.15) is 0 Å². The van der Waals surface area contributed by atoms with Crippen LogP contribution in [0.2, 0.25) is 0 Å². The van der Waals surface area contributed by atoms with Crippen molar-refractivity contribution in [2.24, 2.45) is 5.73 Å². The van der Waals surface area contributed by atoms with E-state index >= 15 is 0 Å². The zero-order valence-corrected chi connectivity index (χ0v) is 6.29. The standard InChI is InChI=1S/C7H12N2O/c1-3-6(8)7-4-9-5(2)10-7/h4,6H,3,8H2,1-2H3. The molecule has 0 spiro atoms. The van der Waals surface area contributed by atoms with Crippen LogP contribution in [-0.4, -0.2) is 4.98 Å². The van der Waals surface area contributed by atoms with E-state index in [0.29, 0.717) is 5.89 Å². The summed E-state index contributed by atoms with van der Waals surface area (Å²) in [6, 6.07) is 0.00111. The molecule has 3 nitrogen and oxygen atoms in total. The molecule has 56 valence electrons. The van der Waals surface area contributed by atoms with Gasteiger partial charge < -0.3 is 10.2 Å². The molecule has 0 aliphatic carbocycles. The molecule has 1 heterocycles. The van der Waals surface area contributed by atoms with Crippen molar-refractivity contribution in [2.75, 3.05) is 0 Å². The van der Waals surface area contributed by atoms with Crippen LogP contribution >= 0.6 is 0 Å². The molecule has 0 bridgehead atoms. The second-order valence-corrected chi connectivity index (χ2v) is 2.30. The Labute approximate surface area is 60.2 Å². The smallest absolute Gasteiger partial charge is 0.191 e. The van der Waals surface area contributed by atoms with E-state index in [1.54, 1.807) is 6.20 Å². The Bertz CT molecular complexity index is 207. The third-order valence-electron chi connectivity index (χ3n) is 1.44. The molecule has 1 rings (SSSR count). The molecule has 0 aromatic carbocycles. The van der Waals surface area contributed by atoms with Crippen LogP contribution in [0.15, 0.2) is 10.6 Å². The van der Waals surface area contributed by atoms with Gasteiger partial charge in [-0.25, -0.2) is 4.98 Å². The zero-order valence-electron chi connectivity index (χ0n) is 6.29. The first kappa shape index (κ1) is 7.28. The second kappa shape index (κ2) is 2.84. The van der Waals surface area contributed by atoms with E-state index in [2.05, 4.69) is 4.98 Å². The van der Waals surface area contributed by atoms with E-state index in [1.165, 1.54) is 0 Å². The molecule has 3 heteroatoms. The van der Waals surface area contributed by atoms with Crippen molar-refractivity contribution < 1.29 is 4.42 Å². The first-order valence-corrected chi connectivity index (χ1v) is 3.42. The average molecular weight is 140 g/mol. The molecule has 0 amide bonds. The van der Waals surface area contributed by atoms with Gasteiger partial charge in [0.2, 0.25) is 0 Å². The van der Waals surface area contributed by atoms with Crippen LogP contribution in [-0.2, 0) is 0 Å². The highest BCUT2D eigenvalue weighted by atomic mass is 16.4. The molecule has 0 radical (unpaired) electrons. The molecule has 1 unspecified atom stereocenters. The fourth-order valence-electron chi connectivity index (χ4n) is 0.750. The van der Waals surface area contributed by atoms with Gasteiger partial charge in [0.1, 0.15) is 5.76 Å². The van der Waals surface area contributed by atoms with Gasteiger partial charge in [0.05, 0.1) is 12.2 Å². The Hall–Kier alpha value is -0.830. The lowest BCUT2D eigenvalue weighted by molar-refractivity contribution is 0.436. The van der Waals surface area contributed by atoms with E-state index in [0.717, 1.165) is 12.2 Å². The average Bonchev–Trinajstić information content (AvgIpc) is 2.34. The molecule has 1 atom stereocenters. The van der Waals surface area contributed by atoms with Crippen molar-refractivity contribution in [3.63, 3.8) is 0 Å². The molecule has 1 aromatic rings. The number of aryl methyl sites for hydroxylation is 1. The lowest BCUT2D eigenvalue weighted by Gasteiger charge is -2.01. The molecule has 0 saturated carbocycles. The van der Waals surface area contributed by atoms with Crippen LogP contribution in [0.5, 0.6) is 0 Å². The van der Waals surface area contributed by atoms with Crippen molar-refractivity contribution >= 4 is 0 Å². The number of rotatable bonds is 2. The van der Waals surface area contributed by atoms with E-state index in [9.17, 15) is 0 Å². The third-order valence-corrected chi connectivity index (χ3v) is 1.44. The summed E-state index contributed by atoms with van der Waals surface area (Å²) < 4.78 is 5.20. The van der Waals surface area contributed by atoms with Crippen molar-refractivity contribution in [3.8, 4) is 0 Å². The van der Waals surface area contributed by atoms with Gasteiger partial charge in [-0.05, 0) is 6.42 Å². The van der Waals surface area contributed by atoms with Gasteiger partial charge in [0, 0.05) is 6.92 Å². The normalized spacial score (nSPS) is 13.5. The van der Waals surface area contributed by atoms with E-state index < -0.39 is 0 Å². The predicted octanol–water partition coefficient (Wildman–Crippen LogP) is 1.39. The summed E-state index contributed by atoms with van der Waals surface area (Å²) in [4.78, 5) is 3.94. The fraction of sp³-hybridized carbons (Fsp3) is 0.571. The fourth-order valence-corrected chi connectivity index (χ4v) is 0.750. The van der Waals surface area contributed by atoms with E-state index in [4.69, 9.17) is 10.2 Å². The minimum absolute atomic E-state index is 0.00111. The Morgan fingerprint density at radius 3 is 2.90 bits per heavy atom. The molecule has 1 aromatic heterocycles. The predicted molar refractivity (Wildman–Crippen MR) is 38.5 cm³/mol. The molecule has 2 N–H and O–H groups in total. The van der Waals surface area contributed by atoms with E-state index in [-0.39, 0.29) is 6.04 Å². The summed E-state index contributed by atoms with van der Waals surface area (Å²) >= 11 is 0. The molecule has 0 aliphatic heterocycles. The van der Waals surface area contributed by atoms with Crippen LogP contribution < -0.4 is 5.73 Å². The first-order chi connectivity index (χ1) is 4.74. The van der Waals surface area contributed by atoms with Crippen molar-refractivity contribution in [3.05, 3.63) is 17.8 Å². The quantitative estimate of drug-likeness (QED) is 0.675.